The summed E-state index contributed by atoms with van der Waals surface area (Å²) >= 11 is 1.28. The highest BCUT2D eigenvalue weighted by Crippen LogP contribution is 2.38. The summed E-state index contributed by atoms with van der Waals surface area (Å²) in [5.41, 5.74) is 5.41. The molecule has 280 valence electrons. The van der Waals surface area contributed by atoms with E-state index in [-0.39, 0.29) is 30.0 Å². The molecule has 2 saturated heterocycles. The van der Waals surface area contributed by atoms with Crippen LogP contribution in [0.4, 0.5) is 25.8 Å². The van der Waals surface area contributed by atoms with Gasteiger partial charge in [-0.05, 0) is 59.9 Å². The number of thiazole rings is 1. The number of imidazole rings is 1. The number of imide groups is 1. The van der Waals surface area contributed by atoms with E-state index in [1.807, 2.05) is 41.0 Å². The SMILES string of the molecule is O=C1CCN(c2ccc(CN3CCN(c4ccc(-c5cc(F)c6c(c5)C(=O)N(C(C(=O)Nc5nccs5)c5ncn7c5CCC7)C6)cc4)CC3)cn2)C(=O)N1. The molecule has 0 saturated carbocycles. The Kier molecular flexibility index (Phi) is 9.06. The van der Waals surface area contributed by atoms with Crippen LogP contribution in [0.1, 0.15) is 51.8 Å². The number of hydrogen-bond donors (Lipinski definition) is 2. The lowest BCUT2D eigenvalue weighted by molar-refractivity contribution is -0.121. The number of halogens is 1. The third-order valence-corrected chi connectivity index (χ3v) is 11.5. The lowest BCUT2D eigenvalue weighted by Gasteiger charge is -2.36. The van der Waals surface area contributed by atoms with Crippen LogP contribution in [0.25, 0.3) is 11.1 Å². The predicted octanol–water partition coefficient (Wildman–Crippen LogP) is 4.59. The quantitative estimate of drug-likeness (QED) is 0.220. The average molecular weight is 761 g/mol. The molecule has 0 spiro atoms. The molecule has 1 unspecified atom stereocenters. The third-order valence-electron chi connectivity index (χ3n) is 10.8. The van der Waals surface area contributed by atoms with E-state index in [0.717, 1.165) is 74.6 Å². The highest BCUT2D eigenvalue weighted by molar-refractivity contribution is 7.13. The summed E-state index contributed by atoms with van der Waals surface area (Å²) in [6, 6.07) is 13.4. The Morgan fingerprint density at radius 1 is 0.927 bits per heavy atom. The molecule has 5 amide bonds. The Balaban J connectivity index is 0.858. The summed E-state index contributed by atoms with van der Waals surface area (Å²) < 4.78 is 17.9. The van der Waals surface area contributed by atoms with Crippen LogP contribution < -0.4 is 20.4 Å². The maximum absolute atomic E-state index is 15.9. The largest absolute Gasteiger partial charge is 0.369 e. The van der Waals surface area contributed by atoms with Crippen molar-refractivity contribution in [3.63, 3.8) is 0 Å². The van der Waals surface area contributed by atoms with Gasteiger partial charge in [-0.2, -0.15) is 0 Å². The van der Waals surface area contributed by atoms with Gasteiger partial charge in [0.25, 0.3) is 11.8 Å². The minimum Gasteiger partial charge on any atom is -0.369 e. The second-order valence-electron chi connectivity index (χ2n) is 14.1. The number of aromatic nitrogens is 4. The van der Waals surface area contributed by atoms with Gasteiger partial charge in [0.15, 0.2) is 11.2 Å². The minimum atomic E-state index is -1.04. The number of pyridine rings is 1. The Hall–Kier alpha value is -6.00. The van der Waals surface area contributed by atoms with Crippen LogP contribution >= 0.6 is 11.3 Å². The summed E-state index contributed by atoms with van der Waals surface area (Å²) in [7, 11) is 0. The molecule has 9 rings (SSSR count). The van der Waals surface area contributed by atoms with Gasteiger partial charge in [0.1, 0.15) is 11.6 Å². The molecule has 7 heterocycles. The van der Waals surface area contributed by atoms with E-state index in [0.29, 0.717) is 28.8 Å². The lowest BCUT2D eigenvalue weighted by atomic mass is 9.99. The number of anilines is 3. The van der Waals surface area contributed by atoms with Gasteiger partial charge in [-0.3, -0.25) is 34.8 Å². The fourth-order valence-electron chi connectivity index (χ4n) is 7.90. The van der Waals surface area contributed by atoms with E-state index >= 15 is 4.39 Å². The fraction of sp³-hybridized carbons (Fsp3) is 0.308. The van der Waals surface area contributed by atoms with Gasteiger partial charge in [0, 0.05) is 92.5 Å². The summed E-state index contributed by atoms with van der Waals surface area (Å²) in [5, 5.41) is 7.34. The van der Waals surface area contributed by atoms with Crippen molar-refractivity contribution in [1.29, 1.82) is 0 Å². The van der Waals surface area contributed by atoms with Crippen LogP contribution in [0.15, 0.2) is 72.6 Å². The molecule has 16 heteroatoms. The molecule has 4 aliphatic heterocycles. The number of benzene rings is 2. The monoisotopic (exact) mass is 760 g/mol. The number of nitrogens with zero attached hydrogens (tertiary/aromatic N) is 8. The van der Waals surface area contributed by atoms with Gasteiger partial charge in [-0.15, -0.1) is 11.3 Å². The van der Waals surface area contributed by atoms with Gasteiger partial charge in [0.05, 0.1) is 18.6 Å². The highest BCUT2D eigenvalue weighted by Gasteiger charge is 2.42. The molecule has 5 aromatic rings. The fourth-order valence-corrected chi connectivity index (χ4v) is 8.44. The third kappa shape index (κ3) is 6.71. The number of hydrogen-bond acceptors (Lipinski definition) is 10. The molecule has 3 aromatic heterocycles. The molecule has 2 N–H and O–H groups in total. The first-order valence-electron chi connectivity index (χ1n) is 18.3. The smallest absolute Gasteiger partial charge is 0.329 e. The van der Waals surface area contributed by atoms with Crippen LogP contribution in [-0.2, 0) is 35.6 Å². The molecule has 0 bridgehead atoms. The Morgan fingerprint density at radius 2 is 1.76 bits per heavy atom. The second-order valence-corrected chi connectivity index (χ2v) is 15.0. The van der Waals surface area contributed by atoms with Crippen molar-refractivity contribution in [2.24, 2.45) is 0 Å². The predicted molar refractivity (Wildman–Crippen MR) is 203 cm³/mol. The van der Waals surface area contributed by atoms with E-state index in [1.54, 1.807) is 30.2 Å². The van der Waals surface area contributed by atoms with Crippen molar-refractivity contribution in [1.82, 2.24) is 34.6 Å². The van der Waals surface area contributed by atoms with Crippen LogP contribution in [0, 0.1) is 5.82 Å². The number of aryl methyl sites for hydroxylation is 1. The van der Waals surface area contributed by atoms with Gasteiger partial charge in [-0.25, -0.2) is 24.1 Å². The zero-order chi connectivity index (χ0) is 37.6. The number of piperazine rings is 1. The highest BCUT2D eigenvalue weighted by atomic mass is 32.1. The van der Waals surface area contributed by atoms with Crippen molar-refractivity contribution >= 4 is 51.7 Å². The first-order chi connectivity index (χ1) is 26.8. The van der Waals surface area contributed by atoms with Gasteiger partial charge in [0.2, 0.25) is 5.91 Å². The Bertz CT molecular complexity index is 2290. The first-order valence-corrected chi connectivity index (χ1v) is 19.2. The number of urea groups is 1. The van der Waals surface area contributed by atoms with Crippen LogP contribution in [0.2, 0.25) is 0 Å². The van der Waals surface area contributed by atoms with E-state index in [4.69, 9.17) is 0 Å². The normalized spacial score (nSPS) is 17.7. The molecular weight excluding hydrogens is 724 g/mol. The van der Waals surface area contributed by atoms with Crippen molar-refractivity contribution in [2.45, 2.75) is 44.9 Å². The van der Waals surface area contributed by atoms with Gasteiger partial charge in [-0.1, -0.05) is 18.2 Å². The van der Waals surface area contributed by atoms with Crippen molar-refractivity contribution in [3.8, 4) is 11.1 Å². The number of fused-ring (bicyclic) bond motifs is 2. The number of nitrogens with one attached hydrogen (secondary N) is 2. The molecule has 2 fully saturated rings. The second kappa shape index (κ2) is 14.3. The lowest BCUT2D eigenvalue weighted by Crippen LogP contribution is -2.49. The molecule has 0 aliphatic carbocycles. The van der Waals surface area contributed by atoms with Gasteiger partial charge < -0.3 is 14.4 Å². The van der Waals surface area contributed by atoms with Crippen molar-refractivity contribution < 1.29 is 23.6 Å². The average Bonchev–Trinajstić information content (AvgIpc) is 4.01. The van der Waals surface area contributed by atoms with Crippen LogP contribution in [-0.4, -0.2) is 85.8 Å². The summed E-state index contributed by atoms with van der Waals surface area (Å²) in [4.78, 5) is 72.3. The van der Waals surface area contributed by atoms with Crippen LogP contribution in [0.3, 0.4) is 0 Å². The topological polar surface area (TPSA) is 149 Å². The number of rotatable bonds is 9. The number of carbonyl (C=O) groups is 4. The van der Waals surface area contributed by atoms with E-state index in [1.165, 1.54) is 27.2 Å². The molecular formula is C39H37FN10O4S. The minimum absolute atomic E-state index is 0.0459. The zero-order valence-corrected chi connectivity index (χ0v) is 30.6. The summed E-state index contributed by atoms with van der Waals surface area (Å²) in [6.45, 7) is 5.13. The summed E-state index contributed by atoms with van der Waals surface area (Å²) in [5.74, 6) is -1.09. The number of amides is 5. The standard InChI is InChI=1S/C39H37FN10O4S/c40-30-19-26(18-28-29(30)22-50(37(28)53)35(36(52)45-38-41-10-17-55-38)34-31-2-1-11-48(31)23-43-34)25-4-6-27(7-5-25)47-15-13-46(14-16-47)21-24-3-8-32(42-20-24)49-12-9-33(51)44-39(49)54/h3-8,10,17-20,23,35H,1-2,9,11-16,21-22H2,(H,41,45,52)(H,44,51,54). The van der Waals surface area contributed by atoms with Crippen LogP contribution in [0.5, 0.6) is 0 Å². The Labute approximate surface area is 319 Å². The van der Waals surface area contributed by atoms with Gasteiger partial charge >= 0.3 is 6.03 Å². The summed E-state index contributed by atoms with van der Waals surface area (Å²) in [6.07, 6.45) is 7.01. The molecule has 1 atom stereocenters. The maximum Gasteiger partial charge on any atom is 0.329 e. The number of carbonyl (C=O) groups excluding carboxylic acids is 4. The molecule has 4 aliphatic rings. The van der Waals surface area contributed by atoms with E-state index in [2.05, 4.69) is 35.4 Å². The molecule has 2 aromatic carbocycles. The maximum atomic E-state index is 15.9. The first kappa shape index (κ1) is 34.7. The zero-order valence-electron chi connectivity index (χ0n) is 29.8. The van der Waals surface area contributed by atoms with Crippen molar-refractivity contribution in [3.05, 3.63) is 107 Å². The van der Waals surface area contributed by atoms with E-state index < -0.39 is 29.7 Å². The molecule has 0 radical (unpaired) electrons. The Morgan fingerprint density at radius 3 is 2.51 bits per heavy atom. The molecule has 14 nitrogen and oxygen atoms in total. The molecule has 55 heavy (non-hydrogen) atoms. The van der Waals surface area contributed by atoms with Crippen molar-refractivity contribution in [2.75, 3.05) is 47.8 Å². The van der Waals surface area contributed by atoms with E-state index in [9.17, 15) is 19.2 Å².